The molecule has 1 aromatic heterocycles. The SMILES string of the molecule is Cc1sc(C(=O)OCc2ccc(C(C)C)cc2)cc1N. The molecule has 0 unspecified atom stereocenters. The molecule has 2 rings (SSSR count). The Morgan fingerprint density at radius 2 is 1.95 bits per heavy atom. The number of rotatable bonds is 4. The second kappa shape index (κ2) is 6.09. The molecule has 0 amide bonds. The molecule has 0 aliphatic rings. The molecule has 0 saturated carbocycles. The summed E-state index contributed by atoms with van der Waals surface area (Å²) in [4.78, 5) is 13.4. The fourth-order valence-electron chi connectivity index (χ4n) is 1.82. The highest BCUT2D eigenvalue weighted by molar-refractivity contribution is 7.14. The summed E-state index contributed by atoms with van der Waals surface area (Å²) in [5.41, 5.74) is 8.64. The summed E-state index contributed by atoms with van der Waals surface area (Å²) in [7, 11) is 0. The summed E-state index contributed by atoms with van der Waals surface area (Å²) in [6.07, 6.45) is 0. The van der Waals surface area contributed by atoms with Gasteiger partial charge < -0.3 is 10.5 Å². The second-order valence-electron chi connectivity index (χ2n) is 5.09. The number of nitrogens with two attached hydrogens (primary N) is 1. The summed E-state index contributed by atoms with van der Waals surface area (Å²) in [6.45, 7) is 6.48. The molecule has 0 atom stereocenters. The van der Waals surface area contributed by atoms with E-state index in [9.17, 15) is 4.79 Å². The standard InChI is InChI=1S/C16H19NO2S/c1-10(2)13-6-4-12(5-7-13)9-19-16(18)15-8-14(17)11(3)20-15/h4-8,10H,9,17H2,1-3H3. The van der Waals surface area contributed by atoms with Gasteiger partial charge >= 0.3 is 5.97 Å². The van der Waals surface area contributed by atoms with E-state index in [-0.39, 0.29) is 12.6 Å². The highest BCUT2D eigenvalue weighted by Crippen LogP contribution is 2.24. The molecule has 0 saturated heterocycles. The minimum absolute atomic E-state index is 0.286. The average molecular weight is 289 g/mol. The average Bonchev–Trinajstić information content (AvgIpc) is 2.76. The quantitative estimate of drug-likeness (QED) is 0.861. The number of hydrogen-bond donors (Lipinski definition) is 1. The van der Waals surface area contributed by atoms with Gasteiger partial charge in [0.15, 0.2) is 0 Å². The lowest BCUT2D eigenvalue weighted by Crippen LogP contribution is -2.03. The zero-order valence-corrected chi connectivity index (χ0v) is 12.8. The van der Waals surface area contributed by atoms with Gasteiger partial charge in [-0.15, -0.1) is 11.3 Å². The maximum atomic E-state index is 11.9. The van der Waals surface area contributed by atoms with E-state index in [0.717, 1.165) is 10.4 Å². The van der Waals surface area contributed by atoms with Crippen LogP contribution in [0.25, 0.3) is 0 Å². The zero-order valence-electron chi connectivity index (χ0n) is 12.0. The van der Waals surface area contributed by atoms with Gasteiger partial charge in [0.25, 0.3) is 0 Å². The van der Waals surface area contributed by atoms with Crippen molar-refractivity contribution in [2.45, 2.75) is 33.3 Å². The summed E-state index contributed by atoms with van der Waals surface area (Å²) in [5.74, 6) is 0.186. The van der Waals surface area contributed by atoms with Crippen molar-refractivity contribution in [1.82, 2.24) is 0 Å². The number of carbonyl (C=O) groups is 1. The van der Waals surface area contributed by atoms with Crippen LogP contribution in [0.2, 0.25) is 0 Å². The van der Waals surface area contributed by atoms with Crippen LogP contribution in [0, 0.1) is 6.92 Å². The van der Waals surface area contributed by atoms with E-state index < -0.39 is 0 Å². The third-order valence-electron chi connectivity index (χ3n) is 3.17. The summed E-state index contributed by atoms with van der Waals surface area (Å²) in [6, 6.07) is 9.81. The van der Waals surface area contributed by atoms with Crippen molar-refractivity contribution < 1.29 is 9.53 Å². The van der Waals surface area contributed by atoms with Gasteiger partial charge in [-0.3, -0.25) is 0 Å². The van der Waals surface area contributed by atoms with E-state index in [1.165, 1.54) is 16.9 Å². The largest absolute Gasteiger partial charge is 0.457 e. The van der Waals surface area contributed by atoms with E-state index in [0.29, 0.717) is 16.5 Å². The first kappa shape index (κ1) is 14.6. The molecule has 0 aliphatic heterocycles. The second-order valence-corrected chi connectivity index (χ2v) is 6.35. The van der Waals surface area contributed by atoms with Crippen molar-refractivity contribution >= 4 is 23.0 Å². The van der Waals surface area contributed by atoms with Crippen molar-refractivity contribution in [2.24, 2.45) is 0 Å². The molecule has 0 radical (unpaired) electrons. The number of thiophene rings is 1. The zero-order chi connectivity index (χ0) is 14.7. The summed E-state index contributed by atoms with van der Waals surface area (Å²) in [5, 5.41) is 0. The minimum Gasteiger partial charge on any atom is -0.457 e. The molecule has 0 fully saturated rings. The van der Waals surface area contributed by atoms with Crippen LogP contribution in [0.15, 0.2) is 30.3 Å². The first-order valence-corrected chi connectivity index (χ1v) is 7.41. The molecule has 3 nitrogen and oxygen atoms in total. The molecule has 106 valence electrons. The number of ether oxygens (including phenoxy) is 1. The van der Waals surface area contributed by atoms with Crippen LogP contribution >= 0.6 is 11.3 Å². The van der Waals surface area contributed by atoms with E-state index in [2.05, 4.69) is 26.0 Å². The predicted molar refractivity (Wildman–Crippen MR) is 83.1 cm³/mol. The van der Waals surface area contributed by atoms with Crippen LogP contribution in [0.3, 0.4) is 0 Å². The monoisotopic (exact) mass is 289 g/mol. The highest BCUT2D eigenvalue weighted by Gasteiger charge is 2.12. The van der Waals surface area contributed by atoms with Crippen LogP contribution in [-0.2, 0) is 11.3 Å². The third kappa shape index (κ3) is 3.39. The van der Waals surface area contributed by atoms with Gasteiger partial charge in [-0.05, 0) is 30.0 Å². The molecule has 0 aliphatic carbocycles. The number of nitrogen functional groups attached to an aromatic ring is 1. The van der Waals surface area contributed by atoms with Crippen molar-refractivity contribution in [2.75, 3.05) is 5.73 Å². The van der Waals surface area contributed by atoms with Crippen molar-refractivity contribution in [3.63, 3.8) is 0 Å². The summed E-state index contributed by atoms with van der Waals surface area (Å²) < 4.78 is 5.30. The molecular weight excluding hydrogens is 270 g/mol. The summed E-state index contributed by atoms with van der Waals surface area (Å²) >= 11 is 1.36. The fourth-order valence-corrected chi connectivity index (χ4v) is 2.65. The normalized spacial score (nSPS) is 10.8. The van der Waals surface area contributed by atoms with Gasteiger partial charge in [0.1, 0.15) is 11.5 Å². The van der Waals surface area contributed by atoms with Crippen molar-refractivity contribution in [3.8, 4) is 0 Å². The number of anilines is 1. The fraction of sp³-hybridized carbons (Fsp3) is 0.312. The number of hydrogen-bond acceptors (Lipinski definition) is 4. The Balaban J connectivity index is 1.96. The Bertz CT molecular complexity index is 580. The molecular formula is C16H19NO2S. The molecule has 2 N–H and O–H groups in total. The maximum Gasteiger partial charge on any atom is 0.348 e. The molecule has 0 bridgehead atoms. The molecule has 0 spiro atoms. The van der Waals surface area contributed by atoms with Crippen LogP contribution in [0.5, 0.6) is 0 Å². The van der Waals surface area contributed by atoms with Crippen LogP contribution in [0.4, 0.5) is 5.69 Å². The Morgan fingerprint density at radius 3 is 2.45 bits per heavy atom. The Hall–Kier alpha value is -1.81. The van der Waals surface area contributed by atoms with Gasteiger partial charge in [0.05, 0.1) is 0 Å². The van der Waals surface area contributed by atoms with Crippen molar-refractivity contribution in [1.29, 1.82) is 0 Å². The Kier molecular flexibility index (Phi) is 4.45. The van der Waals surface area contributed by atoms with E-state index in [1.807, 2.05) is 19.1 Å². The minimum atomic E-state index is -0.317. The maximum absolute atomic E-state index is 11.9. The van der Waals surface area contributed by atoms with E-state index >= 15 is 0 Å². The number of carbonyl (C=O) groups excluding carboxylic acids is 1. The lowest BCUT2D eigenvalue weighted by molar-refractivity contribution is 0.0478. The smallest absolute Gasteiger partial charge is 0.348 e. The lowest BCUT2D eigenvalue weighted by atomic mass is 10.0. The van der Waals surface area contributed by atoms with Crippen molar-refractivity contribution in [3.05, 3.63) is 51.2 Å². The molecule has 4 heteroatoms. The Labute approximate surface area is 123 Å². The Morgan fingerprint density at radius 1 is 1.30 bits per heavy atom. The van der Waals surface area contributed by atoms with Crippen LogP contribution in [0.1, 0.15) is 45.4 Å². The van der Waals surface area contributed by atoms with E-state index in [4.69, 9.17) is 10.5 Å². The number of benzene rings is 1. The van der Waals surface area contributed by atoms with Gasteiger partial charge in [-0.2, -0.15) is 0 Å². The lowest BCUT2D eigenvalue weighted by Gasteiger charge is -2.07. The molecule has 2 aromatic rings. The molecule has 1 aromatic carbocycles. The molecule has 1 heterocycles. The van der Waals surface area contributed by atoms with Gasteiger partial charge in [0, 0.05) is 10.6 Å². The van der Waals surface area contributed by atoms with Gasteiger partial charge in [-0.1, -0.05) is 38.1 Å². The number of esters is 1. The number of aryl methyl sites for hydroxylation is 1. The van der Waals surface area contributed by atoms with Crippen LogP contribution in [-0.4, -0.2) is 5.97 Å². The van der Waals surface area contributed by atoms with Crippen LogP contribution < -0.4 is 5.73 Å². The topological polar surface area (TPSA) is 52.3 Å². The first-order chi connectivity index (χ1) is 9.47. The van der Waals surface area contributed by atoms with Gasteiger partial charge in [0.2, 0.25) is 0 Å². The predicted octanol–water partition coefficient (Wildman–Crippen LogP) is 4.12. The first-order valence-electron chi connectivity index (χ1n) is 6.59. The molecule has 20 heavy (non-hydrogen) atoms. The van der Waals surface area contributed by atoms with E-state index in [1.54, 1.807) is 6.07 Å². The highest BCUT2D eigenvalue weighted by atomic mass is 32.1. The van der Waals surface area contributed by atoms with Gasteiger partial charge in [-0.25, -0.2) is 4.79 Å². The third-order valence-corrected chi connectivity index (χ3v) is 4.22.